The summed E-state index contributed by atoms with van der Waals surface area (Å²) in [5.41, 5.74) is 0.908. The molecule has 1 heterocycles. The molecule has 0 radical (unpaired) electrons. The highest BCUT2D eigenvalue weighted by atomic mass is 79.9. The van der Waals surface area contributed by atoms with E-state index in [4.69, 9.17) is 14.2 Å². The second-order valence-electron chi connectivity index (χ2n) is 4.10. The molecule has 0 spiro atoms. The minimum absolute atomic E-state index is 0.590. The first-order valence-electron chi connectivity index (χ1n) is 6.06. The Kier molecular flexibility index (Phi) is 5.78. The van der Waals surface area contributed by atoms with E-state index in [0.717, 1.165) is 13.9 Å². The Morgan fingerprint density at radius 1 is 1.00 bits per heavy atom. The first-order chi connectivity index (χ1) is 10.1. The average molecular weight is 437 g/mol. The highest BCUT2D eigenvalue weighted by Gasteiger charge is 2.13. The third-order valence-corrected chi connectivity index (χ3v) is 6.08. The normalized spacial score (nSPS) is 10.3. The van der Waals surface area contributed by atoms with Gasteiger partial charge in [0.05, 0.1) is 25.1 Å². The Morgan fingerprint density at radius 3 is 2.05 bits per heavy atom. The summed E-state index contributed by atoms with van der Waals surface area (Å²) in [5.74, 6) is 1.85. The van der Waals surface area contributed by atoms with Crippen LogP contribution in [0.3, 0.4) is 0 Å². The minimum atomic E-state index is 0.590. The number of benzene rings is 1. The number of ether oxygens (including phenoxy) is 3. The first kappa shape index (κ1) is 16.5. The molecule has 4 nitrogen and oxygen atoms in total. The summed E-state index contributed by atoms with van der Waals surface area (Å²) in [6, 6.07) is 5.86. The number of hydrogen-bond acceptors (Lipinski definition) is 5. The van der Waals surface area contributed by atoms with E-state index in [0.29, 0.717) is 23.8 Å². The molecule has 0 aliphatic heterocycles. The fourth-order valence-electron chi connectivity index (χ4n) is 1.85. The van der Waals surface area contributed by atoms with E-state index in [9.17, 15) is 0 Å². The summed E-state index contributed by atoms with van der Waals surface area (Å²) in [4.78, 5) is 1.21. The predicted octanol–water partition coefficient (Wildman–Crippen LogP) is 4.91. The Morgan fingerprint density at radius 2 is 1.62 bits per heavy atom. The van der Waals surface area contributed by atoms with Crippen LogP contribution in [-0.4, -0.2) is 21.3 Å². The van der Waals surface area contributed by atoms with Gasteiger partial charge in [-0.3, -0.25) is 0 Å². The molecule has 0 aliphatic rings. The SMILES string of the molecule is COc1cc(NCc2cc(Br)c(Br)s2)cc(OC)c1OC. The molecule has 1 aromatic carbocycles. The van der Waals surface area contributed by atoms with Crippen LogP contribution in [0.4, 0.5) is 5.69 Å². The number of rotatable bonds is 6. The predicted molar refractivity (Wildman–Crippen MR) is 93.1 cm³/mol. The van der Waals surface area contributed by atoms with Crippen LogP contribution in [-0.2, 0) is 6.54 Å². The van der Waals surface area contributed by atoms with Gasteiger partial charge in [0.15, 0.2) is 11.5 Å². The van der Waals surface area contributed by atoms with E-state index in [1.165, 1.54) is 4.88 Å². The lowest BCUT2D eigenvalue weighted by Crippen LogP contribution is -2.00. The zero-order chi connectivity index (χ0) is 15.4. The van der Waals surface area contributed by atoms with E-state index >= 15 is 0 Å². The van der Waals surface area contributed by atoms with Gasteiger partial charge in [0.25, 0.3) is 0 Å². The number of anilines is 1. The zero-order valence-corrected chi connectivity index (χ0v) is 15.8. The standard InChI is InChI=1S/C14H15Br2NO3S/c1-18-11-4-8(5-12(19-2)13(11)20-3)17-7-9-6-10(15)14(16)21-9/h4-6,17H,7H2,1-3H3. The molecule has 21 heavy (non-hydrogen) atoms. The van der Waals surface area contributed by atoms with Gasteiger partial charge in [0.2, 0.25) is 5.75 Å². The third-order valence-electron chi connectivity index (χ3n) is 2.83. The lowest BCUT2D eigenvalue weighted by atomic mass is 10.2. The van der Waals surface area contributed by atoms with Crippen LogP contribution in [0.2, 0.25) is 0 Å². The summed E-state index contributed by atoms with van der Waals surface area (Å²) in [6.45, 7) is 0.716. The van der Waals surface area contributed by atoms with Crippen LogP contribution < -0.4 is 19.5 Å². The van der Waals surface area contributed by atoms with Gasteiger partial charge in [-0.2, -0.15) is 0 Å². The fourth-order valence-corrected chi connectivity index (χ4v) is 3.97. The summed E-state index contributed by atoms with van der Waals surface area (Å²) in [6.07, 6.45) is 0. The summed E-state index contributed by atoms with van der Waals surface area (Å²) in [5, 5.41) is 3.36. The van der Waals surface area contributed by atoms with Crippen LogP contribution in [0, 0.1) is 0 Å². The molecule has 0 saturated heterocycles. The second-order valence-corrected chi connectivity index (χ2v) is 7.41. The molecular weight excluding hydrogens is 422 g/mol. The number of nitrogens with one attached hydrogen (secondary N) is 1. The monoisotopic (exact) mass is 435 g/mol. The lowest BCUT2D eigenvalue weighted by Gasteiger charge is -2.14. The molecule has 0 fully saturated rings. The summed E-state index contributed by atoms with van der Waals surface area (Å²) < 4.78 is 18.1. The number of thiophene rings is 1. The number of methoxy groups -OCH3 is 3. The van der Waals surface area contributed by atoms with Gasteiger partial charge in [-0.1, -0.05) is 0 Å². The number of halogens is 2. The van der Waals surface area contributed by atoms with E-state index in [-0.39, 0.29) is 0 Å². The van der Waals surface area contributed by atoms with Crippen molar-refractivity contribution < 1.29 is 14.2 Å². The molecule has 0 aliphatic carbocycles. The maximum Gasteiger partial charge on any atom is 0.203 e. The highest BCUT2D eigenvalue weighted by Crippen LogP contribution is 2.40. The van der Waals surface area contributed by atoms with Crippen molar-refractivity contribution >= 4 is 48.9 Å². The van der Waals surface area contributed by atoms with Crippen molar-refractivity contribution in [3.8, 4) is 17.2 Å². The molecule has 0 amide bonds. The van der Waals surface area contributed by atoms with Crippen LogP contribution in [0.5, 0.6) is 17.2 Å². The molecule has 1 aromatic heterocycles. The van der Waals surface area contributed by atoms with Gasteiger partial charge >= 0.3 is 0 Å². The Hall–Kier alpha value is -0.920. The minimum Gasteiger partial charge on any atom is -0.493 e. The second kappa shape index (κ2) is 7.38. The largest absolute Gasteiger partial charge is 0.493 e. The van der Waals surface area contributed by atoms with Gasteiger partial charge in [0, 0.05) is 33.7 Å². The molecule has 1 N–H and O–H groups in total. The first-order valence-corrected chi connectivity index (χ1v) is 8.46. The topological polar surface area (TPSA) is 39.7 Å². The van der Waals surface area contributed by atoms with E-state index in [2.05, 4.69) is 43.2 Å². The van der Waals surface area contributed by atoms with Crippen molar-refractivity contribution in [3.63, 3.8) is 0 Å². The Bertz CT molecular complexity index is 586. The fraction of sp³-hybridized carbons (Fsp3) is 0.286. The van der Waals surface area contributed by atoms with Gasteiger partial charge in [-0.25, -0.2) is 0 Å². The van der Waals surface area contributed by atoms with Crippen LogP contribution >= 0.6 is 43.2 Å². The van der Waals surface area contributed by atoms with Gasteiger partial charge in [-0.05, 0) is 37.9 Å². The third kappa shape index (κ3) is 3.84. The van der Waals surface area contributed by atoms with Crippen molar-refractivity contribution in [2.75, 3.05) is 26.6 Å². The Labute approximate surface area is 144 Å². The van der Waals surface area contributed by atoms with Gasteiger partial charge < -0.3 is 19.5 Å². The van der Waals surface area contributed by atoms with Crippen molar-refractivity contribution in [1.29, 1.82) is 0 Å². The number of hydrogen-bond donors (Lipinski definition) is 1. The zero-order valence-electron chi connectivity index (χ0n) is 11.8. The molecule has 0 bridgehead atoms. The van der Waals surface area contributed by atoms with Crippen molar-refractivity contribution in [3.05, 3.63) is 31.3 Å². The molecule has 0 unspecified atom stereocenters. The quantitative estimate of drug-likeness (QED) is 0.698. The van der Waals surface area contributed by atoms with Gasteiger partial charge in [0.1, 0.15) is 0 Å². The maximum atomic E-state index is 5.34. The summed E-state index contributed by atoms with van der Waals surface area (Å²) in [7, 11) is 4.80. The molecule has 2 aromatic rings. The van der Waals surface area contributed by atoms with E-state index in [1.807, 2.05) is 12.1 Å². The highest BCUT2D eigenvalue weighted by molar-refractivity contribution is 9.13. The van der Waals surface area contributed by atoms with Crippen LogP contribution in [0.25, 0.3) is 0 Å². The Balaban J connectivity index is 2.19. The maximum absolute atomic E-state index is 5.34. The molecule has 0 atom stereocenters. The van der Waals surface area contributed by atoms with Crippen molar-refractivity contribution in [2.45, 2.75) is 6.54 Å². The van der Waals surface area contributed by atoms with E-state index < -0.39 is 0 Å². The molecule has 7 heteroatoms. The van der Waals surface area contributed by atoms with E-state index in [1.54, 1.807) is 32.7 Å². The average Bonchev–Trinajstić information content (AvgIpc) is 2.82. The molecule has 2 rings (SSSR count). The molecule has 0 saturated carbocycles. The van der Waals surface area contributed by atoms with Crippen molar-refractivity contribution in [1.82, 2.24) is 0 Å². The van der Waals surface area contributed by atoms with Crippen LogP contribution in [0.15, 0.2) is 26.5 Å². The van der Waals surface area contributed by atoms with Crippen molar-refractivity contribution in [2.24, 2.45) is 0 Å². The summed E-state index contributed by atoms with van der Waals surface area (Å²) >= 11 is 8.66. The molecular formula is C14H15Br2NO3S. The van der Waals surface area contributed by atoms with Crippen LogP contribution in [0.1, 0.15) is 4.88 Å². The lowest BCUT2D eigenvalue weighted by molar-refractivity contribution is 0.324. The smallest absolute Gasteiger partial charge is 0.203 e. The van der Waals surface area contributed by atoms with Gasteiger partial charge in [-0.15, -0.1) is 11.3 Å². The molecule has 114 valence electrons.